The fraction of sp³-hybridized carbons (Fsp3) is 0.722. The lowest BCUT2D eigenvalue weighted by molar-refractivity contribution is 0.0364. The molecule has 0 bridgehead atoms. The van der Waals surface area contributed by atoms with E-state index < -0.39 is 0 Å². The highest BCUT2D eigenvalue weighted by Crippen LogP contribution is 2.09. The Labute approximate surface area is 145 Å². The minimum Gasteiger partial charge on any atom is -0.379 e. The molecule has 2 rings (SSSR count). The molecule has 24 heavy (non-hydrogen) atoms. The average Bonchev–Trinajstić information content (AvgIpc) is 2.91. The third-order valence-electron chi connectivity index (χ3n) is 4.18. The van der Waals surface area contributed by atoms with Crippen LogP contribution in [0.1, 0.15) is 32.9 Å². The number of urea groups is 1. The zero-order valence-corrected chi connectivity index (χ0v) is 15.5. The van der Waals surface area contributed by atoms with E-state index in [4.69, 9.17) is 4.74 Å². The van der Waals surface area contributed by atoms with E-state index >= 15 is 0 Å². The first-order valence-electron chi connectivity index (χ1n) is 8.82. The first-order valence-corrected chi connectivity index (χ1v) is 8.82. The molecule has 0 spiro atoms. The zero-order chi connectivity index (χ0) is 17.6. The van der Waals surface area contributed by atoms with Crippen LogP contribution < -0.4 is 5.32 Å². The molecule has 136 valence electrons. The predicted molar refractivity (Wildman–Crippen MR) is 96.0 cm³/mol. The van der Waals surface area contributed by atoms with E-state index in [-0.39, 0.29) is 11.6 Å². The summed E-state index contributed by atoms with van der Waals surface area (Å²) in [7, 11) is 2.02. The maximum atomic E-state index is 12.7. The number of ether oxygens (including phenoxy) is 1. The van der Waals surface area contributed by atoms with Crippen LogP contribution in [0.3, 0.4) is 0 Å². The van der Waals surface area contributed by atoms with Gasteiger partial charge in [-0.1, -0.05) is 0 Å². The minimum absolute atomic E-state index is 0.00526. The van der Waals surface area contributed by atoms with Gasteiger partial charge in [0.2, 0.25) is 0 Å². The zero-order valence-electron chi connectivity index (χ0n) is 15.5. The largest absolute Gasteiger partial charge is 0.379 e. The summed E-state index contributed by atoms with van der Waals surface area (Å²) in [6, 6.07) is 4.09. The molecule has 0 unspecified atom stereocenters. The second-order valence-electron chi connectivity index (χ2n) is 7.52. The van der Waals surface area contributed by atoms with Crippen LogP contribution in [0.15, 0.2) is 18.3 Å². The molecular formula is C18H32N4O2. The van der Waals surface area contributed by atoms with Gasteiger partial charge in [-0.2, -0.15) is 0 Å². The molecular weight excluding hydrogens is 304 g/mol. The number of carbonyl (C=O) groups is 1. The van der Waals surface area contributed by atoms with Crippen molar-refractivity contribution in [1.29, 1.82) is 0 Å². The van der Waals surface area contributed by atoms with Gasteiger partial charge in [0.1, 0.15) is 0 Å². The highest BCUT2D eigenvalue weighted by atomic mass is 16.5. The summed E-state index contributed by atoms with van der Waals surface area (Å²) in [5.74, 6) is 0. The monoisotopic (exact) mass is 336 g/mol. The van der Waals surface area contributed by atoms with Gasteiger partial charge in [-0.25, -0.2) is 4.79 Å². The number of aromatic nitrogens is 1. The Balaban J connectivity index is 1.91. The summed E-state index contributed by atoms with van der Waals surface area (Å²) in [6.45, 7) is 12.1. The van der Waals surface area contributed by atoms with Crippen molar-refractivity contribution < 1.29 is 9.53 Å². The first kappa shape index (κ1) is 18.8. The first-order chi connectivity index (χ1) is 11.3. The third kappa shape index (κ3) is 6.17. The van der Waals surface area contributed by atoms with Gasteiger partial charge in [0.25, 0.3) is 0 Å². The van der Waals surface area contributed by atoms with Crippen molar-refractivity contribution in [3.05, 3.63) is 24.0 Å². The Morgan fingerprint density at radius 2 is 2.04 bits per heavy atom. The summed E-state index contributed by atoms with van der Waals surface area (Å²) < 4.78 is 7.45. The van der Waals surface area contributed by atoms with Gasteiger partial charge in [-0.15, -0.1) is 0 Å². The van der Waals surface area contributed by atoms with E-state index in [1.807, 2.05) is 45.0 Å². The lowest BCUT2D eigenvalue weighted by atomic mass is 10.1. The summed E-state index contributed by atoms with van der Waals surface area (Å²) >= 11 is 0. The molecule has 0 atom stereocenters. The number of morpholine rings is 1. The van der Waals surface area contributed by atoms with E-state index in [9.17, 15) is 4.79 Å². The van der Waals surface area contributed by atoms with Crippen LogP contribution in [0.2, 0.25) is 0 Å². The minimum atomic E-state index is -0.228. The Bertz CT molecular complexity index is 515. The number of nitrogens with one attached hydrogen (secondary N) is 1. The van der Waals surface area contributed by atoms with Gasteiger partial charge in [0, 0.05) is 50.7 Å². The van der Waals surface area contributed by atoms with Crippen molar-refractivity contribution in [2.75, 3.05) is 39.4 Å². The molecule has 6 heteroatoms. The molecule has 0 aromatic carbocycles. The van der Waals surface area contributed by atoms with Gasteiger partial charge < -0.3 is 19.5 Å². The third-order valence-corrected chi connectivity index (χ3v) is 4.18. The van der Waals surface area contributed by atoms with E-state index in [1.165, 1.54) is 0 Å². The number of amides is 2. The average molecular weight is 336 g/mol. The molecule has 0 radical (unpaired) electrons. The van der Waals surface area contributed by atoms with Crippen molar-refractivity contribution in [1.82, 2.24) is 19.7 Å². The molecule has 1 fully saturated rings. The fourth-order valence-corrected chi connectivity index (χ4v) is 2.82. The van der Waals surface area contributed by atoms with Gasteiger partial charge >= 0.3 is 6.03 Å². The molecule has 2 heterocycles. The number of aryl methyl sites for hydroxylation is 1. The summed E-state index contributed by atoms with van der Waals surface area (Å²) in [5, 5.41) is 3.08. The second-order valence-corrected chi connectivity index (χ2v) is 7.52. The van der Waals surface area contributed by atoms with Gasteiger partial charge in [-0.05, 0) is 39.3 Å². The summed E-state index contributed by atoms with van der Waals surface area (Å²) in [4.78, 5) is 17.0. The molecule has 2 amide bonds. The van der Waals surface area contributed by atoms with Crippen molar-refractivity contribution in [3.8, 4) is 0 Å². The lowest BCUT2D eigenvalue weighted by Gasteiger charge is -2.30. The van der Waals surface area contributed by atoms with E-state index in [0.717, 1.165) is 51.5 Å². The fourth-order valence-electron chi connectivity index (χ4n) is 2.82. The van der Waals surface area contributed by atoms with Crippen LogP contribution in [-0.2, 0) is 18.3 Å². The van der Waals surface area contributed by atoms with Gasteiger partial charge in [0.05, 0.1) is 19.8 Å². The number of hydrogen-bond donors (Lipinski definition) is 1. The Morgan fingerprint density at radius 1 is 1.33 bits per heavy atom. The number of carbonyl (C=O) groups excluding carboxylic acids is 1. The molecule has 1 saturated heterocycles. The van der Waals surface area contributed by atoms with E-state index in [0.29, 0.717) is 6.54 Å². The van der Waals surface area contributed by atoms with Crippen molar-refractivity contribution >= 4 is 6.03 Å². The lowest BCUT2D eigenvalue weighted by Crippen LogP contribution is -2.49. The molecule has 0 saturated carbocycles. The quantitative estimate of drug-likeness (QED) is 0.865. The van der Waals surface area contributed by atoms with Crippen molar-refractivity contribution in [2.45, 2.75) is 39.3 Å². The number of rotatable bonds is 6. The summed E-state index contributed by atoms with van der Waals surface area (Å²) in [6.07, 6.45) is 2.99. The normalized spacial score (nSPS) is 16.2. The molecule has 6 nitrogen and oxygen atoms in total. The molecule has 1 aliphatic heterocycles. The van der Waals surface area contributed by atoms with E-state index in [1.54, 1.807) is 0 Å². The number of hydrogen-bond acceptors (Lipinski definition) is 3. The van der Waals surface area contributed by atoms with Crippen LogP contribution in [0, 0.1) is 0 Å². The highest BCUT2D eigenvalue weighted by Gasteiger charge is 2.21. The predicted octanol–water partition coefficient (Wildman–Crippen LogP) is 2.06. The summed E-state index contributed by atoms with van der Waals surface area (Å²) in [5.41, 5.74) is 0.915. The van der Waals surface area contributed by atoms with Gasteiger partial charge in [0.15, 0.2) is 0 Å². The Morgan fingerprint density at radius 3 is 2.62 bits per heavy atom. The Kier molecular flexibility index (Phi) is 6.69. The van der Waals surface area contributed by atoms with Crippen LogP contribution in [0.5, 0.6) is 0 Å². The Hall–Kier alpha value is -1.53. The highest BCUT2D eigenvalue weighted by molar-refractivity contribution is 5.74. The van der Waals surface area contributed by atoms with Crippen molar-refractivity contribution in [3.63, 3.8) is 0 Å². The molecule has 1 aromatic rings. The number of nitrogens with zero attached hydrogens (tertiary/aromatic N) is 3. The van der Waals surface area contributed by atoms with E-state index in [2.05, 4.69) is 20.9 Å². The van der Waals surface area contributed by atoms with Gasteiger partial charge in [-0.3, -0.25) is 4.90 Å². The maximum Gasteiger partial charge on any atom is 0.318 e. The molecule has 0 aliphatic carbocycles. The smallest absolute Gasteiger partial charge is 0.318 e. The van der Waals surface area contributed by atoms with Crippen LogP contribution >= 0.6 is 0 Å². The van der Waals surface area contributed by atoms with Crippen molar-refractivity contribution in [2.24, 2.45) is 7.05 Å². The molecule has 1 aromatic heterocycles. The molecule has 1 aliphatic rings. The SMILES string of the molecule is Cn1cccc1CN(CCCN1CCOCC1)C(=O)NC(C)(C)C. The van der Waals surface area contributed by atoms with Crippen LogP contribution in [0.4, 0.5) is 4.79 Å². The second kappa shape index (κ2) is 8.53. The molecule has 1 N–H and O–H groups in total. The van der Waals surface area contributed by atoms with Crippen LogP contribution in [-0.4, -0.2) is 65.3 Å². The topological polar surface area (TPSA) is 49.7 Å². The van der Waals surface area contributed by atoms with Crippen LogP contribution in [0.25, 0.3) is 0 Å². The standard InChI is InChI=1S/C18H32N4O2/c1-18(2,3)19-17(23)22(15-16-7-5-8-20(16)4)10-6-9-21-11-13-24-14-12-21/h5,7-8H,6,9-15H2,1-4H3,(H,19,23). The maximum absolute atomic E-state index is 12.7.